The van der Waals surface area contributed by atoms with Crippen LogP contribution in [0.2, 0.25) is 0 Å². The van der Waals surface area contributed by atoms with E-state index in [4.69, 9.17) is 9.47 Å². The molecule has 0 bridgehead atoms. The predicted molar refractivity (Wildman–Crippen MR) is 140 cm³/mol. The van der Waals surface area contributed by atoms with Gasteiger partial charge in [0.25, 0.3) is 15.7 Å². The molecule has 0 aromatic heterocycles. The Kier molecular flexibility index (Phi) is 8.25. The molecule has 0 fully saturated rings. The number of dihydropyridines is 1. The van der Waals surface area contributed by atoms with Crippen molar-refractivity contribution >= 4 is 27.8 Å². The van der Waals surface area contributed by atoms with Crippen molar-refractivity contribution in [3.05, 3.63) is 98.0 Å². The van der Waals surface area contributed by atoms with Crippen LogP contribution in [0.1, 0.15) is 43.4 Å². The van der Waals surface area contributed by atoms with Crippen molar-refractivity contribution < 1.29 is 32.4 Å². The molecule has 202 valence electrons. The molecule has 2 unspecified atom stereocenters. The molecule has 2 aromatic carbocycles. The fraction of sp³-hybridized carbons (Fsp3) is 0.308. The van der Waals surface area contributed by atoms with E-state index in [1.165, 1.54) is 13.0 Å². The van der Waals surface area contributed by atoms with Gasteiger partial charge in [0, 0.05) is 5.70 Å². The number of ether oxygens (including phenoxy) is 2. The number of carbonyl (C=O) groups excluding carboxylic acids is 2. The lowest BCUT2D eigenvalue weighted by molar-refractivity contribution is -0.431. The second-order valence-corrected chi connectivity index (χ2v) is 10.8. The van der Waals surface area contributed by atoms with Crippen molar-refractivity contribution in [3.63, 3.8) is 0 Å². The second kappa shape index (κ2) is 11.1. The van der Waals surface area contributed by atoms with Gasteiger partial charge in [0.2, 0.25) is 5.44 Å². The lowest BCUT2D eigenvalue weighted by Crippen LogP contribution is -2.44. The van der Waals surface area contributed by atoms with Gasteiger partial charge in [-0.1, -0.05) is 42.5 Å². The minimum atomic E-state index is -4.65. The minimum absolute atomic E-state index is 0.0471. The Morgan fingerprint density at radius 1 is 1.03 bits per heavy atom. The Bertz CT molecular complexity index is 1450. The molecule has 2 atom stereocenters. The molecule has 12 heteroatoms. The maximum Gasteiger partial charge on any atom is 0.428 e. The van der Waals surface area contributed by atoms with Gasteiger partial charge < -0.3 is 14.8 Å². The Labute approximate surface area is 220 Å². The monoisotopic (exact) mass is 543 g/mol. The summed E-state index contributed by atoms with van der Waals surface area (Å²) in [6, 6.07) is 13.1. The van der Waals surface area contributed by atoms with E-state index in [0.717, 1.165) is 19.6 Å². The second-order valence-electron chi connectivity index (χ2n) is 8.75. The number of nitro groups is 1. The molecule has 1 aliphatic heterocycles. The number of hydrogen-bond acceptors (Lipinski definition) is 9. The Morgan fingerprint density at radius 2 is 1.66 bits per heavy atom. The summed E-state index contributed by atoms with van der Waals surface area (Å²) in [5.41, 5.74) is 0.0148. The molecular formula is C26H29N3O8S. The minimum Gasteiger partial charge on any atom is -0.452 e. The Morgan fingerprint density at radius 3 is 2.24 bits per heavy atom. The summed E-state index contributed by atoms with van der Waals surface area (Å²) < 4.78 is 37.7. The molecule has 1 heterocycles. The topological polar surface area (TPSA) is 145 Å². The highest BCUT2D eigenvalue weighted by Gasteiger charge is 2.43. The molecule has 1 amide bonds. The highest BCUT2D eigenvalue weighted by molar-refractivity contribution is 7.94. The zero-order valence-corrected chi connectivity index (χ0v) is 22.7. The molecule has 11 nitrogen and oxygen atoms in total. The third kappa shape index (κ3) is 5.25. The molecule has 38 heavy (non-hydrogen) atoms. The summed E-state index contributed by atoms with van der Waals surface area (Å²) in [5, 5.41) is 14.8. The number of hydrogen-bond donors (Lipinski definition) is 1. The van der Waals surface area contributed by atoms with Gasteiger partial charge in [-0.2, -0.15) is 4.31 Å². The molecule has 1 aliphatic rings. The SMILES string of the molecule is COC(=O)N(c1cccc(C)c1C)S(=O)(=O)C(C)OC(=O)C1=C(C)NC(C)=C([N+](=O)[O-])C1c1ccccc1. The Balaban J connectivity index is 2.04. The molecule has 3 rings (SSSR count). The first-order valence-corrected chi connectivity index (χ1v) is 13.1. The number of anilines is 1. The van der Waals surface area contributed by atoms with E-state index in [0.29, 0.717) is 15.4 Å². The van der Waals surface area contributed by atoms with Crippen LogP contribution in [0.25, 0.3) is 0 Å². The van der Waals surface area contributed by atoms with Crippen LogP contribution in [0.4, 0.5) is 10.5 Å². The average Bonchev–Trinajstić information content (AvgIpc) is 2.86. The number of nitrogens with one attached hydrogen (secondary N) is 1. The van der Waals surface area contributed by atoms with Gasteiger partial charge in [0.15, 0.2) is 0 Å². The highest BCUT2D eigenvalue weighted by Crippen LogP contribution is 2.39. The van der Waals surface area contributed by atoms with Gasteiger partial charge in [-0.15, -0.1) is 0 Å². The molecule has 0 radical (unpaired) electrons. The van der Waals surface area contributed by atoms with Crippen LogP contribution in [0.5, 0.6) is 0 Å². The van der Waals surface area contributed by atoms with Crippen molar-refractivity contribution in [1.82, 2.24) is 5.32 Å². The number of esters is 1. The molecule has 2 aromatic rings. The molecular weight excluding hydrogens is 514 g/mol. The quantitative estimate of drug-likeness (QED) is 0.307. The number of carbonyl (C=O) groups is 2. The van der Waals surface area contributed by atoms with Crippen molar-refractivity contribution in [2.45, 2.75) is 46.0 Å². The fourth-order valence-corrected chi connectivity index (χ4v) is 5.53. The molecule has 0 spiro atoms. The van der Waals surface area contributed by atoms with E-state index < -0.39 is 38.4 Å². The van der Waals surface area contributed by atoms with E-state index >= 15 is 0 Å². The lowest BCUT2D eigenvalue weighted by atomic mass is 9.84. The number of sulfonamides is 1. The van der Waals surface area contributed by atoms with Crippen LogP contribution in [0.15, 0.2) is 71.2 Å². The summed E-state index contributed by atoms with van der Waals surface area (Å²) in [6.07, 6.45) is -1.19. The predicted octanol–water partition coefficient (Wildman–Crippen LogP) is 4.26. The summed E-state index contributed by atoms with van der Waals surface area (Å²) in [6.45, 7) is 7.57. The Hall–Kier alpha value is -4.19. The first-order chi connectivity index (χ1) is 17.8. The number of methoxy groups -OCH3 is 1. The van der Waals surface area contributed by atoms with Crippen molar-refractivity contribution in [3.8, 4) is 0 Å². The average molecular weight is 544 g/mol. The van der Waals surface area contributed by atoms with Crippen LogP contribution >= 0.6 is 0 Å². The number of rotatable bonds is 7. The number of aryl methyl sites for hydroxylation is 1. The number of benzene rings is 2. The van der Waals surface area contributed by atoms with Gasteiger partial charge in [0.05, 0.1) is 29.0 Å². The zero-order chi connectivity index (χ0) is 28.4. The number of nitrogens with zero attached hydrogens (tertiary/aromatic N) is 2. The molecule has 1 N–H and O–H groups in total. The van der Waals surface area contributed by atoms with Gasteiger partial charge in [0.1, 0.15) is 5.92 Å². The summed E-state index contributed by atoms with van der Waals surface area (Å²) in [7, 11) is -3.62. The molecule has 0 saturated carbocycles. The van der Waals surface area contributed by atoms with Gasteiger partial charge >= 0.3 is 12.1 Å². The first-order valence-electron chi connectivity index (χ1n) is 11.6. The van der Waals surface area contributed by atoms with Gasteiger partial charge in [-0.25, -0.2) is 18.0 Å². The zero-order valence-electron chi connectivity index (χ0n) is 21.8. The first kappa shape index (κ1) is 28.4. The van der Waals surface area contributed by atoms with Crippen molar-refractivity contribution in [2.75, 3.05) is 11.4 Å². The van der Waals surface area contributed by atoms with E-state index in [1.54, 1.807) is 63.2 Å². The van der Waals surface area contributed by atoms with Crippen LogP contribution in [-0.4, -0.2) is 37.9 Å². The van der Waals surface area contributed by atoms with Crippen LogP contribution in [0, 0.1) is 24.0 Å². The third-order valence-electron chi connectivity index (χ3n) is 6.36. The van der Waals surface area contributed by atoms with Crippen molar-refractivity contribution in [1.29, 1.82) is 0 Å². The van der Waals surface area contributed by atoms with E-state index in [-0.39, 0.29) is 28.4 Å². The summed E-state index contributed by atoms with van der Waals surface area (Å²) in [4.78, 5) is 37.5. The maximum absolute atomic E-state index is 13.6. The van der Waals surface area contributed by atoms with Gasteiger partial charge in [-0.05, 0) is 57.4 Å². The summed E-state index contributed by atoms with van der Waals surface area (Å²) in [5.74, 6) is -2.21. The van der Waals surface area contributed by atoms with Crippen molar-refractivity contribution in [2.24, 2.45) is 0 Å². The van der Waals surface area contributed by atoms with E-state index in [2.05, 4.69) is 5.32 Å². The van der Waals surface area contributed by atoms with Crippen LogP contribution in [0.3, 0.4) is 0 Å². The highest BCUT2D eigenvalue weighted by atomic mass is 32.2. The van der Waals surface area contributed by atoms with Crippen LogP contribution < -0.4 is 9.62 Å². The van der Waals surface area contributed by atoms with Gasteiger partial charge in [-0.3, -0.25) is 10.1 Å². The van der Waals surface area contributed by atoms with Crippen LogP contribution in [-0.2, 0) is 24.3 Å². The molecule has 0 saturated heterocycles. The van der Waals surface area contributed by atoms with E-state index in [1.807, 2.05) is 0 Å². The summed E-state index contributed by atoms with van der Waals surface area (Å²) >= 11 is 0. The standard InChI is InChI=1S/C26H29N3O8S/c1-15-11-10-14-21(16(15)2)28(26(31)36-6)38(34,35)19(5)37-25(30)22-17(3)27-18(4)24(29(32)33)23(22)20-12-8-7-9-13-20/h7-14,19,23,27H,1-6H3. The normalized spacial score (nSPS) is 16.4. The largest absolute Gasteiger partial charge is 0.452 e. The number of amides is 1. The maximum atomic E-state index is 13.6. The third-order valence-corrected chi connectivity index (χ3v) is 8.15. The lowest BCUT2D eigenvalue weighted by Gasteiger charge is -2.29. The molecule has 0 aliphatic carbocycles. The smallest absolute Gasteiger partial charge is 0.428 e. The fourth-order valence-electron chi connectivity index (χ4n) is 4.27. The van der Waals surface area contributed by atoms with E-state index in [9.17, 15) is 28.1 Å². The number of allylic oxidation sites excluding steroid dienone is 3.